The lowest BCUT2D eigenvalue weighted by atomic mass is 10.2. The van der Waals surface area contributed by atoms with Crippen molar-refractivity contribution in [2.75, 3.05) is 12.3 Å². The van der Waals surface area contributed by atoms with Gasteiger partial charge in [-0.3, -0.25) is 0 Å². The second-order valence-electron chi connectivity index (χ2n) is 4.76. The number of sulfonamides is 1. The minimum absolute atomic E-state index is 0.122. The maximum atomic E-state index is 13.5. The number of fused-ring (bicyclic) bond motifs is 2. The van der Waals surface area contributed by atoms with Gasteiger partial charge in [-0.2, -0.15) is 16.1 Å². The van der Waals surface area contributed by atoms with Crippen LogP contribution in [0.5, 0.6) is 0 Å². The molecular formula is C12H14FNO2S2. The first-order chi connectivity index (χ1) is 8.56. The van der Waals surface area contributed by atoms with Crippen LogP contribution in [-0.4, -0.2) is 36.3 Å². The predicted molar refractivity (Wildman–Crippen MR) is 70.4 cm³/mol. The quantitative estimate of drug-likeness (QED) is 0.851. The number of thioether (sulfide) groups is 1. The molecule has 1 aromatic rings. The van der Waals surface area contributed by atoms with Crippen LogP contribution >= 0.6 is 11.8 Å². The standard InChI is InChI=1S/C12H14FNO2S2/c13-12-4-2-1-3-9(12)8-18(15,16)14-6-11-5-10(14)7-17-11/h1-4,10-11H,5-8H2. The maximum absolute atomic E-state index is 13.5. The zero-order chi connectivity index (χ0) is 12.8. The van der Waals surface area contributed by atoms with Gasteiger partial charge in [-0.25, -0.2) is 12.8 Å². The summed E-state index contributed by atoms with van der Waals surface area (Å²) in [4.78, 5) is 0. The van der Waals surface area contributed by atoms with E-state index >= 15 is 0 Å². The summed E-state index contributed by atoms with van der Waals surface area (Å²) in [5.74, 6) is 0.203. The Hall–Kier alpha value is -0.590. The van der Waals surface area contributed by atoms with Gasteiger partial charge in [0.25, 0.3) is 0 Å². The highest BCUT2D eigenvalue weighted by molar-refractivity contribution is 8.00. The third kappa shape index (κ3) is 2.17. The molecule has 2 fully saturated rings. The van der Waals surface area contributed by atoms with Crippen molar-refractivity contribution in [3.8, 4) is 0 Å². The number of hydrogen-bond donors (Lipinski definition) is 0. The van der Waals surface area contributed by atoms with Gasteiger partial charge >= 0.3 is 0 Å². The fourth-order valence-electron chi connectivity index (χ4n) is 2.60. The minimum Gasteiger partial charge on any atom is -0.212 e. The van der Waals surface area contributed by atoms with Crippen LogP contribution in [0.15, 0.2) is 24.3 Å². The van der Waals surface area contributed by atoms with Crippen molar-refractivity contribution < 1.29 is 12.8 Å². The van der Waals surface area contributed by atoms with Gasteiger partial charge < -0.3 is 0 Å². The second kappa shape index (κ2) is 4.51. The van der Waals surface area contributed by atoms with Crippen LogP contribution in [0.25, 0.3) is 0 Å². The van der Waals surface area contributed by atoms with E-state index in [2.05, 4.69) is 0 Å². The van der Waals surface area contributed by atoms with Crippen molar-refractivity contribution in [2.45, 2.75) is 23.5 Å². The Morgan fingerprint density at radius 1 is 1.39 bits per heavy atom. The molecule has 6 heteroatoms. The van der Waals surface area contributed by atoms with E-state index in [1.165, 1.54) is 12.1 Å². The van der Waals surface area contributed by atoms with Crippen molar-refractivity contribution >= 4 is 21.8 Å². The van der Waals surface area contributed by atoms with Gasteiger partial charge in [-0.1, -0.05) is 18.2 Å². The Balaban J connectivity index is 1.82. The first-order valence-corrected chi connectivity index (χ1v) is 8.56. The van der Waals surface area contributed by atoms with Crippen LogP contribution in [0, 0.1) is 5.82 Å². The Morgan fingerprint density at radius 2 is 2.17 bits per heavy atom. The van der Waals surface area contributed by atoms with E-state index in [1.807, 2.05) is 11.8 Å². The average molecular weight is 287 g/mol. The highest BCUT2D eigenvalue weighted by atomic mass is 32.2. The summed E-state index contributed by atoms with van der Waals surface area (Å²) in [6, 6.07) is 6.20. The third-order valence-corrected chi connectivity index (χ3v) is 6.73. The number of rotatable bonds is 3. The molecule has 0 amide bonds. The molecule has 0 saturated carbocycles. The second-order valence-corrected chi connectivity index (χ2v) is 8.02. The van der Waals surface area contributed by atoms with E-state index < -0.39 is 15.8 Å². The normalized spacial score (nSPS) is 27.8. The van der Waals surface area contributed by atoms with Crippen molar-refractivity contribution in [2.24, 2.45) is 0 Å². The topological polar surface area (TPSA) is 37.4 Å². The maximum Gasteiger partial charge on any atom is 0.218 e. The van der Waals surface area contributed by atoms with Gasteiger partial charge in [0.15, 0.2) is 0 Å². The summed E-state index contributed by atoms with van der Waals surface area (Å²) in [6.45, 7) is 0.589. The van der Waals surface area contributed by atoms with Crippen molar-refractivity contribution in [3.05, 3.63) is 35.6 Å². The molecule has 0 aromatic heterocycles. The van der Waals surface area contributed by atoms with Crippen LogP contribution in [0.4, 0.5) is 4.39 Å². The molecule has 0 aliphatic carbocycles. The van der Waals surface area contributed by atoms with Crippen molar-refractivity contribution in [3.63, 3.8) is 0 Å². The zero-order valence-corrected chi connectivity index (χ0v) is 11.4. The summed E-state index contributed by atoms with van der Waals surface area (Å²) < 4.78 is 39.7. The van der Waals surface area contributed by atoms with Gasteiger partial charge in [-0.05, 0) is 12.5 Å². The van der Waals surface area contributed by atoms with Gasteiger partial charge in [-0.15, -0.1) is 0 Å². The molecule has 2 unspecified atom stereocenters. The highest BCUT2D eigenvalue weighted by Gasteiger charge is 2.44. The molecule has 98 valence electrons. The van der Waals surface area contributed by atoms with E-state index in [-0.39, 0.29) is 17.4 Å². The smallest absolute Gasteiger partial charge is 0.212 e. The van der Waals surface area contributed by atoms with E-state index in [1.54, 1.807) is 16.4 Å². The Morgan fingerprint density at radius 3 is 2.78 bits per heavy atom. The first-order valence-electron chi connectivity index (χ1n) is 5.91. The Bertz CT molecular complexity index is 561. The molecule has 3 rings (SSSR count). The minimum atomic E-state index is -3.39. The van der Waals surface area contributed by atoms with E-state index in [0.29, 0.717) is 11.8 Å². The SMILES string of the molecule is O=S(=O)(Cc1ccccc1F)N1CC2CC1CS2. The van der Waals surface area contributed by atoms with Crippen LogP contribution in [0.2, 0.25) is 0 Å². The average Bonchev–Trinajstić information content (AvgIpc) is 2.94. The zero-order valence-electron chi connectivity index (χ0n) is 9.75. The highest BCUT2D eigenvalue weighted by Crippen LogP contribution is 2.39. The van der Waals surface area contributed by atoms with Gasteiger partial charge in [0.2, 0.25) is 10.0 Å². The lowest BCUT2D eigenvalue weighted by Crippen LogP contribution is -2.39. The molecule has 0 spiro atoms. The van der Waals surface area contributed by atoms with Crippen LogP contribution < -0.4 is 0 Å². The molecule has 2 atom stereocenters. The monoisotopic (exact) mass is 287 g/mol. The first kappa shape index (κ1) is 12.4. The van der Waals surface area contributed by atoms with Gasteiger partial charge in [0, 0.05) is 29.2 Å². The lowest BCUT2D eigenvalue weighted by molar-refractivity contribution is 0.408. The summed E-state index contributed by atoms with van der Waals surface area (Å²) in [7, 11) is -3.39. The van der Waals surface area contributed by atoms with Crippen molar-refractivity contribution in [1.29, 1.82) is 0 Å². The largest absolute Gasteiger partial charge is 0.218 e. The van der Waals surface area contributed by atoms with E-state index in [0.717, 1.165) is 12.2 Å². The number of halogens is 1. The molecule has 2 aliphatic rings. The molecule has 0 N–H and O–H groups in total. The molecular weight excluding hydrogens is 273 g/mol. The molecule has 3 nitrogen and oxygen atoms in total. The van der Waals surface area contributed by atoms with Gasteiger partial charge in [0.05, 0.1) is 5.75 Å². The van der Waals surface area contributed by atoms with E-state index in [4.69, 9.17) is 0 Å². The molecule has 2 heterocycles. The molecule has 2 bridgehead atoms. The summed E-state index contributed by atoms with van der Waals surface area (Å²) in [5, 5.41) is 0.436. The predicted octanol–water partition coefficient (Wildman–Crippen LogP) is 1.85. The molecule has 18 heavy (non-hydrogen) atoms. The Kier molecular flexibility index (Phi) is 3.11. The summed E-state index contributed by atoms with van der Waals surface area (Å²) in [5.41, 5.74) is 0.257. The number of benzene rings is 1. The van der Waals surface area contributed by atoms with Crippen LogP contribution in [0.1, 0.15) is 12.0 Å². The molecule has 2 saturated heterocycles. The number of hydrogen-bond acceptors (Lipinski definition) is 3. The summed E-state index contributed by atoms with van der Waals surface area (Å²) in [6.07, 6.45) is 0.946. The molecule has 0 radical (unpaired) electrons. The molecule has 2 aliphatic heterocycles. The van der Waals surface area contributed by atoms with Crippen molar-refractivity contribution in [1.82, 2.24) is 4.31 Å². The molecule has 1 aromatic carbocycles. The Labute approximate surface area is 110 Å². The lowest BCUT2D eigenvalue weighted by Gasteiger charge is -2.25. The fourth-order valence-corrected chi connectivity index (χ4v) is 6.04. The van der Waals surface area contributed by atoms with Gasteiger partial charge in [0.1, 0.15) is 5.82 Å². The van der Waals surface area contributed by atoms with Crippen LogP contribution in [-0.2, 0) is 15.8 Å². The van der Waals surface area contributed by atoms with E-state index in [9.17, 15) is 12.8 Å². The summed E-state index contributed by atoms with van der Waals surface area (Å²) >= 11 is 1.84. The fraction of sp³-hybridized carbons (Fsp3) is 0.500. The third-order valence-electron chi connectivity index (χ3n) is 3.50. The number of nitrogens with zero attached hydrogens (tertiary/aromatic N) is 1. The van der Waals surface area contributed by atoms with Crippen LogP contribution in [0.3, 0.4) is 0 Å².